The topological polar surface area (TPSA) is 34.2 Å². The van der Waals surface area contributed by atoms with Crippen LogP contribution in [0.5, 0.6) is 0 Å². The lowest BCUT2D eigenvalue weighted by Crippen LogP contribution is -2.37. The van der Waals surface area contributed by atoms with E-state index in [1.807, 2.05) is 0 Å². The van der Waals surface area contributed by atoms with Crippen LogP contribution in [-0.2, 0) is 14.2 Å². The number of halogens is 2. The molecule has 1 rings (SSSR count). The number of morpholine rings is 1. The molecule has 1 aliphatic heterocycles. The van der Waals surface area contributed by atoms with Gasteiger partial charge in [-0.25, -0.2) is 0 Å². The molecule has 1 fully saturated rings. The second-order valence-corrected chi connectivity index (χ2v) is 5.42. The second kappa shape index (κ2) is 16.7. The highest BCUT2D eigenvalue weighted by molar-refractivity contribution is 6.18. The molecule has 128 valence electrons. The van der Waals surface area contributed by atoms with Gasteiger partial charge in [0, 0.05) is 65.2 Å². The zero-order chi connectivity index (χ0) is 15.8. The molecule has 0 atom stereocenters. The summed E-state index contributed by atoms with van der Waals surface area (Å²) in [6.45, 7) is 9.09. The smallest absolute Gasteiger partial charge is 0.0594 e. The molecule has 1 saturated heterocycles. The Balaban J connectivity index is 0.000000394. The van der Waals surface area contributed by atoms with Gasteiger partial charge < -0.3 is 14.2 Å². The molecule has 0 aromatic rings. The first-order valence-corrected chi connectivity index (χ1v) is 8.47. The summed E-state index contributed by atoms with van der Waals surface area (Å²) >= 11 is 11.2. The summed E-state index contributed by atoms with van der Waals surface area (Å²) < 4.78 is 15.1. The molecule has 0 saturated carbocycles. The Bertz CT molecular complexity index is 198. The number of nitrogens with zero attached hydrogens (tertiary/aromatic N) is 2. The quantitative estimate of drug-likeness (QED) is 0.559. The van der Waals surface area contributed by atoms with Crippen molar-refractivity contribution >= 4 is 23.2 Å². The summed E-state index contributed by atoms with van der Waals surface area (Å²) in [5, 5.41) is 0. The van der Waals surface area contributed by atoms with Crippen LogP contribution in [0.4, 0.5) is 0 Å². The summed E-state index contributed by atoms with van der Waals surface area (Å²) in [7, 11) is 3.41. The lowest BCUT2D eigenvalue weighted by molar-refractivity contribution is 0.0408. The standard InChI is InChI=1S/C8H18ClNO2.C6H12ClNO/c1-11-7-5-10(4-3-9)6-8-12-2;7-1-2-8-3-5-9-6-4-8/h3-8H2,1-2H3;1-6H2. The molecular formula is C14H30Cl2N2O3. The first kappa shape index (κ1) is 21.4. The highest BCUT2D eigenvalue weighted by atomic mass is 35.5. The van der Waals surface area contributed by atoms with Gasteiger partial charge in [0.2, 0.25) is 0 Å². The number of hydrogen-bond acceptors (Lipinski definition) is 5. The van der Waals surface area contributed by atoms with Crippen LogP contribution in [0.15, 0.2) is 0 Å². The van der Waals surface area contributed by atoms with Crippen LogP contribution in [0.3, 0.4) is 0 Å². The van der Waals surface area contributed by atoms with E-state index in [9.17, 15) is 0 Å². The molecule has 0 amide bonds. The SMILES string of the molecule is COCCN(CCCl)CCOC.ClCCN1CCOCC1. The number of alkyl halides is 2. The third-order valence-electron chi connectivity index (χ3n) is 3.13. The Morgan fingerprint density at radius 3 is 1.95 bits per heavy atom. The van der Waals surface area contributed by atoms with E-state index in [0.29, 0.717) is 5.88 Å². The average molecular weight is 345 g/mol. The zero-order valence-corrected chi connectivity index (χ0v) is 14.9. The first-order valence-electron chi connectivity index (χ1n) is 7.40. The van der Waals surface area contributed by atoms with Gasteiger partial charge in [0.1, 0.15) is 0 Å². The van der Waals surface area contributed by atoms with Gasteiger partial charge in [0.25, 0.3) is 0 Å². The maximum absolute atomic E-state index is 5.63. The van der Waals surface area contributed by atoms with Crippen molar-refractivity contribution in [2.24, 2.45) is 0 Å². The molecule has 0 radical (unpaired) electrons. The molecule has 0 spiro atoms. The van der Waals surface area contributed by atoms with Crippen LogP contribution < -0.4 is 0 Å². The van der Waals surface area contributed by atoms with Gasteiger partial charge in [-0.2, -0.15) is 0 Å². The first-order chi connectivity index (χ1) is 10.3. The second-order valence-electron chi connectivity index (χ2n) is 4.66. The van der Waals surface area contributed by atoms with Crippen LogP contribution in [0, 0.1) is 0 Å². The summed E-state index contributed by atoms with van der Waals surface area (Å²) in [4.78, 5) is 4.54. The Morgan fingerprint density at radius 2 is 1.52 bits per heavy atom. The van der Waals surface area contributed by atoms with Crippen molar-refractivity contribution in [3.63, 3.8) is 0 Å². The largest absolute Gasteiger partial charge is 0.383 e. The zero-order valence-electron chi connectivity index (χ0n) is 13.4. The van der Waals surface area contributed by atoms with E-state index >= 15 is 0 Å². The van der Waals surface area contributed by atoms with Gasteiger partial charge in [-0.3, -0.25) is 9.80 Å². The Kier molecular flexibility index (Phi) is 17.0. The van der Waals surface area contributed by atoms with E-state index < -0.39 is 0 Å². The van der Waals surface area contributed by atoms with Crippen molar-refractivity contribution in [2.75, 3.05) is 91.7 Å². The van der Waals surface area contributed by atoms with Crippen LogP contribution in [0.25, 0.3) is 0 Å². The Morgan fingerprint density at radius 1 is 0.952 bits per heavy atom. The third kappa shape index (κ3) is 13.7. The van der Waals surface area contributed by atoms with E-state index in [-0.39, 0.29) is 0 Å². The summed E-state index contributed by atoms with van der Waals surface area (Å²) in [5.41, 5.74) is 0. The highest BCUT2D eigenvalue weighted by Gasteiger charge is 2.07. The van der Waals surface area contributed by atoms with Gasteiger partial charge in [-0.1, -0.05) is 0 Å². The molecule has 21 heavy (non-hydrogen) atoms. The number of ether oxygens (including phenoxy) is 3. The predicted molar refractivity (Wildman–Crippen MR) is 88.9 cm³/mol. The fourth-order valence-corrected chi connectivity index (χ4v) is 2.32. The fourth-order valence-electron chi connectivity index (χ4n) is 1.84. The minimum atomic E-state index is 0.660. The van der Waals surface area contributed by atoms with Gasteiger partial charge >= 0.3 is 0 Å². The molecule has 7 heteroatoms. The maximum Gasteiger partial charge on any atom is 0.0594 e. The molecule has 0 aromatic heterocycles. The van der Waals surface area contributed by atoms with E-state index in [4.69, 9.17) is 37.4 Å². The number of methoxy groups -OCH3 is 2. The van der Waals surface area contributed by atoms with Gasteiger partial charge in [-0.05, 0) is 0 Å². The molecule has 0 N–H and O–H groups in total. The minimum absolute atomic E-state index is 0.660. The van der Waals surface area contributed by atoms with Crippen LogP contribution in [0.2, 0.25) is 0 Å². The Hall–Kier alpha value is 0.380. The molecule has 5 nitrogen and oxygen atoms in total. The number of rotatable bonds is 10. The van der Waals surface area contributed by atoms with E-state index in [1.165, 1.54) is 0 Å². The van der Waals surface area contributed by atoms with Crippen LogP contribution in [-0.4, -0.2) is 101 Å². The van der Waals surface area contributed by atoms with Crippen molar-refractivity contribution in [3.8, 4) is 0 Å². The van der Waals surface area contributed by atoms with Crippen molar-refractivity contribution in [1.29, 1.82) is 0 Å². The van der Waals surface area contributed by atoms with Crippen LogP contribution in [0.1, 0.15) is 0 Å². The number of hydrogen-bond donors (Lipinski definition) is 0. The van der Waals surface area contributed by atoms with Crippen LogP contribution >= 0.6 is 23.2 Å². The highest BCUT2D eigenvalue weighted by Crippen LogP contribution is 1.95. The van der Waals surface area contributed by atoms with Crippen molar-refractivity contribution in [3.05, 3.63) is 0 Å². The maximum atomic E-state index is 5.63. The van der Waals surface area contributed by atoms with E-state index in [2.05, 4.69) is 9.80 Å². The molecule has 0 bridgehead atoms. The Labute approximate surface area is 139 Å². The van der Waals surface area contributed by atoms with Crippen molar-refractivity contribution < 1.29 is 14.2 Å². The molecular weight excluding hydrogens is 315 g/mol. The van der Waals surface area contributed by atoms with Gasteiger partial charge in [-0.15, -0.1) is 23.2 Å². The normalized spacial score (nSPS) is 15.9. The summed E-state index contributed by atoms with van der Waals surface area (Å²) in [5.74, 6) is 1.40. The average Bonchev–Trinajstić information content (AvgIpc) is 2.52. The lowest BCUT2D eigenvalue weighted by atomic mass is 10.4. The van der Waals surface area contributed by atoms with E-state index in [0.717, 1.165) is 71.6 Å². The minimum Gasteiger partial charge on any atom is -0.383 e. The molecule has 0 aliphatic carbocycles. The molecule has 1 heterocycles. The summed E-state index contributed by atoms with van der Waals surface area (Å²) in [6, 6.07) is 0. The van der Waals surface area contributed by atoms with E-state index in [1.54, 1.807) is 14.2 Å². The van der Waals surface area contributed by atoms with Gasteiger partial charge in [0.05, 0.1) is 26.4 Å². The summed E-state index contributed by atoms with van der Waals surface area (Å²) in [6.07, 6.45) is 0. The molecule has 0 unspecified atom stereocenters. The lowest BCUT2D eigenvalue weighted by Gasteiger charge is -2.25. The van der Waals surface area contributed by atoms with Crippen molar-refractivity contribution in [2.45, 2.75) is 0 Å². The monoisotopic (exact) mass is 344 g/mol. The third-order valence-corrected chi connectivity index (χ3v) is 3.47. The fraction of sp³-hybridized carbons (Fsp3) is 1.00. The molecule has 1 aliphatic rings. The molecule has 0 aromatic carbocycles. The van der Waals surface area contributed by atoms with Gasteiger partial charge in [0.15, 0.2) is 0 Å². The predicted octanol–water partition coefficient (Wildman–Crippen LogP) is 1.38. The van der Waals surface area contributed by atoms with Crippen molar-refractivity contribution in [1.82, 2.24) is 9.80 Å².